The fourth-order valence-corrected chi connectivity index (χ4v) is 5.38. The first-order valence-electron chi connectivity index (χ1n) is 7.34. The van der Waals surface area contributed by atoms with Crippen LogP contribution < -0.4 is 5.32 Å². The van der Waals surface area contributed by atoms with Crippen LogP contribution in [0.5, 0.6) is 0 Å². The second-order valence-corrected chi connectivity index (χ2v) is 7.49. The number of nitrogens with one attached hydrogen (secondary N) is 2. The number of aromatic nitrogens is 2. The van der Waals surface area contributed by atoms with Gasteiger partial charge >= 0.3 is 0 Å². The lowest BCUT2D eigenvalue weighted by atomic mass is 9.97. The van der Waals surface area contributed by atoms with Crippen molar-refractivity contribution in [3.63, 3.8) is 0 Å². The number of para-hydroxylation sites is 1. The predicted octanol–water partition coefficient (Wildman–Crippen LogP) is 6.89. The highest BCUT2D eigenvalue weighted by atomic mass is 79.9. The molecule has 3 aromatic rings. The molecule has 0 amide bonds. The van der Waals surface area contributed by atoms with Gasteiger partial charge in [-0.05, 0) is 34.4 Å². The quantitative estimate of drug-likeness (QED) is 0.312. The molecule has 2 N–H and O–H groups in total. The van der Waals surface area contributed by atoms with Gasteiger partial charge in [-0.1, -0.05) is 81.9 Å². The van der Waals surface area contributed by atoms with Crippen LogP contribution in [-0.2, 0) is 21.3 Å². The molecule has 1 aromatic heterocycles. The van der Waals surface area contributed by atoms with E-state index in [1.165, 1.54) is 22.3 Å². The number of benzene rings is 2. The Morgan fingerprint density at radius 1 is 0.792 bits per heavy atom. The Balaban J connectivity index is 2.20. The van der Waals surface area contributed by atoms with Crippen molar-refractivity contribution in [2.75, 3.05) is 5.32 Å². The number of hydrogen-bond donors (Lipinski definition) is 2. The average Bonchev–Trinajstić information content (AvgIpc) is 3.03. The first kappa shape index (κ1) is 18.4. The molecule has 1 heterocycles. The summed E-state index contributed by atoms with van der Waals surface area (Å²) in [6.07, 6.45) is 0. The van der Waals surface area contributed by atoms with Crippen molar-refractivity contribution in [1.29, 1.82) is 0 Å². The maximum absolute atomic E-state index is 4.82. The Morgan fingerprint density at radius 2 is 1.38 bits per heavy atom. The smallest absolute Gasteiger partial charge is 0.205 e. The lowest BCUT2D eigenvalue weighted by Gasteiger charge is -2.15. The van der Waals surface area contributed by atoms with Crippen LogP contribution in [0, 0.1) is 0 Å². The van der Waals surface area contributed by atoms with E-state index in [-0.39, 0.29) is 0 Å². The summed E-state index contributed by atoms with van der Waals surface area (Å²) in [6.45, 7) is 0. The zero-order chi connectivity index (χ0) is 17.1. The van der Waals surface area contributed by atoms with Gasteiger partial charge in [0.25, 0.3) is 0 Å². The van der Waals surface area contributed by atoms with Crippen molar-refractivity contribution in [2.45, 2.75) is 21.3 Å². The fourth-order valence-electron chi connectivity index (χ4n) is 2.80. The van der Waals surface area contributed by atoms with Gasteiger partial charge in [-0.15, -0.1) is 0 Å². The van der Waals surface area contributed by atoms with E-state index < -0.39 is 0 Å². The summed E-state index contributed by atoms with van der Waals surface area (Å²) < 4.78 is 0. The minimum absolute atomic E-state index is 0.757. The van der Waals surface area contributed by atoms with Crippen molar-refractivity contribution in [1.82, 2.24) is 9.97 Å². The zero-order valence-electron chi connectivity index (χ0n) is 12.7. The van der Waals surface area contributed by atoms with E-state index >= 15 is 0 Å². The summed E-state index contributed by atoms with van der Waals surface area (Å²) >= 11 is 14.6. The van der Waals surface area contributed by atoms with Crippen LogP contribution in [0.15, 0.2) is 30.3 Å². The normalized spacial score (nSPS) is 11.2. The number of aromatic amines is 1. The number of hydrogen-bond acceptors (Lipinski definition) is 2. The van der Waals surface area contributed by atoms with E-state index in [1.54, 1.807) is 0 Å². The van der Waals surface area contributed by atoms with E-state index in [0.717, 1.165) is 44.0 Å². The molecule has 0 saturated carbocycles. The molecule has 0 aliphatic carbocycles. The van der Waals surface area contributed by atoms with Crippen LogP contribution >= 0.6 is 63.7 Å². The minimum atomic E-state index is 0.757. The number of H-pyrrole nitrogens is 1. The van der Waals surface area contributed by atoms with E-state index in [0.29, 0.717) is 0 Å². The van der Waals surface area contributed by atoms with Crippen molar-refractivity contribution in [3.05, 3.63) is 52.6 Å². The number of imidazole rings is 1. The maximum Gasteiger partial charge on any atom is 0.205 e. The van der Waals surface area contributed by atoms with Crippen molar-refractivity contribution < 1.29 is 0 Å². The van der Waals surface area contributed by atoms with Crippen LogP contribution in [0.3, 0.4) is 0 Å². The summed E-state index contributed by atoms with van der Waals surface area (Å²) in [6, 6.07) is 10.1. The number of fused-ring (bicyclic) bond motifs is 1. The van der Waals surface area contributed by atoms with E-state index in [4.69, 9.17) is 4.98 Å². The molecule has 0 spiro atoms. The van der Waals surface area contributed by atoms with E-state index in [9.17, 15) is 0 Å². The van der Waals surface area contributed by atoms with Crippen molar-refractivity contribution >= 4 is 86.4 Å². The molecule has 3 nitrogen and oxygen atoms in total. The van der Waals surface area contributed by atoms with Gasteiger partial charge in [0.2, 0.25) is 5.95 Å². The number of halogens is 4. The van der Waals surface area contributed by atoms with Crippen molar-refractivity contribution in [3.8, 4) is 0 Å². The second kappa shape index (κ2) is 8.34. The number of rotatable bonds is 6. The zero-order valence-corrected chi connectivity index (χ0v) is 19.0. The third-order valence-electron chi connectivity index (χ3n) is 3.96. The minimum Gasteiger partial charge on any atom is -0.326 e. The van der Waals surface area contributed by atoms with Gasteiger partial charge in [0.1, 0.15) is 0 Å². The highest BCUT2D eigenvalue weighted by Crippen LogP contribution is 2.35. The van der Waals surface area contributed by atoms with Crippen LogP contribution in [0.2, 0.25) is 0 Å². The molecule has 0 radical (unpaired) electrons. The first-order chi connectivity index (χ1) is 11.7. The molecule has 3 rings (SSSR count). The van der Waals surface area contributed by atoms with Crippen LogP contribution in [0.1, 0.15) is 22.3 Å². The molecular formula is C17H15Br4N3. The largest absolute Gasteiger partial charge is 0.326 e. The third-order valence-corrected chi connectivity index (χ3v) is 6.20. The lowest BCUT2D eigenvalue weighted by molar-refractivity contribution is 1.20. The molecule has 0 aliphatic rings. The van der Waals surface area contributed by atoms with Gasteiger partial charge in [0.15, 0.2) is 0 Å². The Hall–Kier alpha value is -0.370. The molecule has 7 heteroatoms. The lowest BCUT2D eigenvalue weighted by Crippen LogP contribution is -2.02. The molecule has 0 bridgehead atoms. The number of alkyl halides is 4. The molecule has 0 atom stereocenters. The van der Waals surface area contributed by atoms with Crippen LogP contribution in [-0.4, -0.2) is 9.97 Å². The summed E-state index contributed by atoms with van der Waals surface area (Å²) in [5.74, 6) is 0.757. The van der Waals surface area contributed by atoms with Gasteiger partial charge in [-0.25, -0.2) is 4.98 Å². The molecule has 0 aliphatic heterocycles. The van der Waals surface area contributed by atoms with Gasteiger partial charge in [0.05, 0.1) is 11.0 Å². The first-order valence-corrected chi connectivity index (χ1v) is 11.8. The molecule has 126 valence electrons. The van der Waals surface area contributed by atoms with Crippen LogP contribution in [0.25, 0.3) is 11.0 Å². The van der Waals surface area contributed by atoms with Gasteiger partial charge in [-0.2, -0.15) is 0 Å². The second-order valence-electron chi connectivity index (χ2n) is 5.25. The Kier molecular flexibility index (Phi) is 6.40. The van der Waals surface area contributed by atoms with Gasteiger partial charge < -0.3 is 10.3 Å². The van der Waals surface area contributed by atoms with E-state index in [1.807, 2.05) is 30.3 Å². The molecule has 0 saturated heterocycles. The Bertz CT molecular complexity index is 797. The Labute approximate surface area is 174 Å². The van der Waals surface area contributed by atoms with E-state index in [2.05, 4.69) is 74.0 Å². The van der Waals surface area contributed by atoms with Crippen molar-refractivity contribution in [2.24, 2.45) is 0 Å². The van der Waals surface area contributed by atoms with Crippen LogP contribution in [0.4, 0.5) is 11.6 Å². The number of anilines is 2. The molecular weight excluding hydrogens is 566 g/mol. The van der Waals surface area contributed by atoms with Gasteiger partial charge in [0, 0.05) is 27.0 Å². The average molecular weight is 581 g/mol. The number of nitrogens with zero attached hydrogens (tertiary/aromatic N) is 1. The monoisotopic (exact) mass is 577 g/mol. The Morgan fingerprint density at radius 3 is 1.96 bits per heavy atom. The molecule has 2 aromatic carbocycles. The summed E-state index contributed by atoms with van der Waals surface area (Å²) in [5.41, 5.74) is 8.17. The molecule has 24 heavy (non-hydrogen) atoms. The van der Waals surface area contributed by atoms with Gasteiger partial charge in [-0.3, -0.25) is 0 Å². The highest BCUT2D eigenvalue weighted by molar-refractivity contribution is 9.09. The molecule has 0 unspecified atom stereocenters. The maximum atomic E-state index is 4.82. The SMILES string of the molecule is BrCc1c(CBr)c(CBr)c2[nH]c(Nc3ccccc3)nc2c1CBr. The summed E-state index contributed by atoms with van der Waals surface area (Å²) in [4.78, 5) is 8.27. The summed E-state index contributed by atoms with van der Waals surface area (Å²) in [7, 11) is 0. The summed E-state index contributed by atoms with van der Waals surface area (Å²) in [5, 5.41) is 6.51. The fraction of sp³-hybridized carbons (Fsp3) is 0.235. The third kappa shape index (κ3) is 3.45. The topological polar surface area (TPSA) is 40.7 Å². The highest BCUT2D eigenvalue weighted by Gasteiger charge is 2.20. The standard InChI is InChI=1S/C17H15Br4N3/c18-6-11-12(7-19)14(9-21)16-15(13(11)8-20)23-17(24-16)22-10-4-2-1-3-5-10/h1-5H,6-9H2,(H2,22,23,24). The molecule has 0 fully saturated rings. The predicted molar refractivity (Wildman–Crippen MR) is 116 cm³/mol.